The summed E-state index contributed by atoms with van der Waals surface area (Å²) >= 11 is 3.33. The summed E-state index contributed by atoms with van der Waals surface area (Å²) in [6.07, 6.45) is 3.28. The second kappa shape index (κ2) is 7.99. The molecule has 0 fully saturated rings. The van der Waals surface area contributed by atoms with Crippen LogP contribution in [0.1, 0.15) is 17.2 Å². The number of hydrogen-bond donors (Lipinski definition) is 1. The van der Waals surface area contributed by atoms with Crippen LogP contribution in [0.4, 0.5) is 0 Å². The first-order chi connectivity index (χ1) is 12.5. The monoisotopic (exact) mass is 432 g/mol. The van der Waals surface area contributed by atoms with E-state index in [1.54, 1.807) is 30.6 Å². The van der Waals surface area contributed by atoms with Crippen molar-refractivity contribution < 1.29 is 13.2 Å². The van der Waals surface area contributed by atoms with Crippen LogP contribution < -0.4 is 9.46 Å². The number of rotatable bonds is 6. The third-order valence-electron chi connectivity index (χ3n) is 3.88. The zero-order chi connectivity index (χ0) is 18.6. The van der Waals surface area contributed by atoms with Crippen molar-refractivity contribution >= 4 is 26.0 Å². The molecule has 3 aromatic rings. The second-order valence-corrected chi connectivity index (χ2v) is 8.11. The molecule has 1 heterocycles. The lowest BCUT2D eigenvalue weighted by Crippen LogP contribution is -2.29. The summed E-state index contributed by atoms with van der Waals surface area (Å²) in [5.41, 5.74) is 1.65. The predicted octanol–water partition coefficient (Wildman–Crippen LogP) is 3.92. The van der Waals surface area contributed by atoms with E-state index in [1.165, 1.54) is 19.2 Å². The Hall–Kier alpha value is -2.22. The number of sulfonamides is 1. The topological polar surface area (TPSA) is 68.3 Å². The van der Waals surface area contributed by atoms with Crippen molar-refractivity contribution in [3.63, 3.8) is 0 Å². The van der Waals surface area contributed by atoms with E-state index in [-0.39, 0.29) is 4.90 Å². The van der Waals surface area contributed by atoms with Crippen molar-refractivity contribution in [2.45, 2.75) is 10.9 Å². The van der Waals surface area contributed by atoms with Crippen molar-refractivity contribution in [1.82, 2.24) is 9.71 Å². The van der Waals surface area contributed by atoms with E-state index in [0.717, 1.165) is 11.1 Å². The summed E-state index contributed by atoms with van der Waals surface area (Å²) in [6, 6.07) is 17.1. The number of nitrogens with zero attached hydrogens (tertiary/aromatic N) is 1. The van der Waals surface area contributed by atoms with Crippen molar-refractivity contribution in [2.75, 3.05) is 7.11 Å². The number of nitrogens with one attached hydrogen (secondary N) is 1. The first kappa shape index (κ1) is 18.6. The van der Waals surface area contributed by atoms with Crippen molar-refractivity contribution in [2.24, 2.45) is 0 Å². The maximum Gasteiger partial charge on any atom is 0.241 e. The highest BCUT2D eigenvalue weighted by Gasteiger charge is 2.23. The minimum atomic E-state index is -3.76. The predicted molar refractivity (Wildman–Crippen MR) is 104 cm³/mol. The minimum Gasteiger partial charge on any atom is -0.496 e. The fourth-order valence-corrected chi connectivity index (χ4v) is 4.50. The quantitative estimate of drug-likeness (QED) is 0.640. The van der Waals surface area contributed by atoms with Gasteiger partial charge in [-0.1, -0.05) is 30.3 Å². The molecule has 1 atom stereocenters. The number of aromatic nitrogens is 1. The van der Waals surface area contributed by atoms with Gasteiger partial charge in [0, 0.05) is 12.4 Å². The maximum atomic E-state index is 13.0. The summed E-state index contributed by atoms with van der Waals surface area (Å²) < 4.78 is 34.4. The molecule has 0 amide bonds. The van der Waals surface area contributed by atoms with Crippen LogP contribution in [0.25, 0.3) is 0 Å². The molecule has 0 saturated carbocycles. The SMILES string of the molecule is COc1ccc(S(=O)(=O)NC(c2ccccc2)c2ccncc2)cc1Br. The Morgan fingerprint density at radius 2 is 1.65 bits per heavy atom. The Balaban J connectivity index is 2.00. The molecule has 0 aliphatic rings. The highest BCUT2D eigenvalue weighted by atomic mass is 79.9. The van der Waals surface area contributed by atoms with E-state index in [0.29, 0.717) is 10.2 Å². The van der Waals surface area contributed by atoms with Gasteiger partial charge in [0.1, 0.15) is 5.75 Å². The normalized spacial score (nSPS) is 12.5. The number of hydrogen-bond acceptors (Lipinski definition) is 4. The van der Waals surface area contributed by atoms with Gasteiger partial charge in [-0.25, -0.2) is 8.42 Å². The molecule has 134 valence electrons. The molecule has 0 bridgehead atoms. The molecule has 5 nitrogen and oxygen atoms in total. The largest absolute Gasteiger partial charge is 0.496 e. The molecule has 0 radical (unpaired) electrons. The minimum absolute atomic E-state index is 0.153. The van der Waals surface area contributed by atoms with Crippen molar-refractivity contribution in [1.29, 1.82) is 0 Å². The molecule has 1 N–H and O–H groups in total. The van der Waals surface area contributed by atoms with Crippen LogP contribution in [0.2, 0.25) is 0 Å². The second-order valence-electron chi connectivity index (χ2n) is 5.54. The third kappa shape index (κ3) is 4.12. The zero-order valence-electron chi connectivity index (χ0n) is 14.0. The van der Waals surface area contributed by atoms with Crippen LogP contribution in [-0.4, -0.2) is 20.5 Å². The van der Waals surface area contributed by atoms with Gasteiger partial charge in [0.2, 0.25) is 10.0 Å². The van der Waals surface area contributed by atoms with Gasteiger partial charge < -0.3 is 4.74 Å². The Labute approximate surface area is 161 Å². The molecule has 7 heteroatoms. The fourth-order valence-electron chi connectivity index (χ4n) is 2.57. The lowest BCUT2D eigenvalue weighted by molar-refractivity contribution is 0.411. The summed E-state index contributed by atoms with van der Waals surface area (Å²) in [4.78, 5) is 4.16. The Morgan fingerprint density at radius 3 is 2.27 bits per heavy atom. The fraction of sp³-hybridized carbons (Fsp3) is 0.105. The number of benzene rings is 2. The molecule has 1 aromatic heterocycles. The number of methoxy groups -OCH3 is 1. The zero-order valence-corrected chi connectivity index (χ0v) is 16.4. The summed E-state index contributed by atoms with van der Waals surface area (Å²) in [5, 5.41) is 0. The van der Waals surface area contributed by atoms with Gasteiger partial charge >= 0.3 is 0 Å². The van der Waals surface area contributed by atoms with Gasteiger partial charge in [-0.2, -0.15) is 4.72 Å². The molecule has 1 unspecified atom stereocenters. The Kier molecular flexibility index (Phi) is 5.70. The van der Waals surface area contributed by atoms with Crippen LogP contribution in [0.3, 0.4) is 0 Å². The first-order valence-electron chi connectivity index (χ1n) is 7.82. The maximum absolute atomic E-state index is 13.0. The van der Waals surface area contributed by atoms with Crippen molar-refractivity contribution in [3.8, 4) is 5.75 Å². The van der Waals surface area contributed by atoms with Gasteiger partial charge in [-0.15, -0.1) is 0 Å². The average Bonchev–Trinajstić information content (AvgIpc) is 2.67. The van der Waals surface area contributed by atoms with E-state index in [9.17, 15) is 8.42 Å². The first-order valence-corrected chi connectivity index (χ1v) is 10.1. The number of pyridine rings is 1. The van der Waals surface area contributed by atoms with E-state index in [1.807, 2.05) is 30.3 Å². The smallest absolute Gasteiger partial charge is 0.241 e. The molecular weight excluding hydrogens is 416 g/mol. The van der Waals surface area contributed by atoms with Crippen LogP contribution in [0, 0.1) is 0 Å². The number of ether oxygens (including phenoxy) is 1. The standard InChI is InChI=1S/C19H17BrN2O3S/c1-25-18-8-7-16(13-17(18)20)26(23,24)22-19(14-5-3-2-4-6-14)15-9-11-21-12-10-15/h2-13,19,22H,1H3. The highest BCUT2D eigenvalue weighted by Crippen LogP contribution is 2.29. The number of halogens is 1. The van der Waals surface area contributed by atoms with Gasteiger partial charge in [0.25, 0.3) is 0 Å². The van der Waals surface area contributed by atoms with Gasteiger partial charge in [0.15, 0.2) is 0 Å². The van der Waals surface area contributed by atoms with Gasteiger partial charge in [0.05, 0.1) is 22.5 Å². The van der Waals surface area contributed by atoms with E-state index >= 15 is 0 Å². The highest BCUT2D eigenvalue weighted by molar-refractivity contribution is 9.10. The lowest BCUT2D eigenvalue weighted by Gasteiger charge is -2.20. The van der Waals surface area contributed by atoms with Gasteiger partial charge in [-0.3, -0.25) is 4.98 Å². The van der Waals surface area contributed by atoms with Crippen LogP contribution in [0.15, 0.2) is 82.4 Å². The molecule has 3 rings (SSSR count). The van der Waals surface area contributed by atoms with Crippen LogP contribution in [-0.2, 0) is 10.0 Å². The molecule has 0 spiro atoms. The van der Waals surface area contributed by atoms with Crippen molar-refractivity contribution in [3.05, 3.63) is 88.7 Å². The van der Waals surface area contributed by atoms with E-state index in [4.69, 9.17) is 4.74 Å². The van der Waals surface area contributed by atoms with E-state index in [2.05, 4.69) is 25.6 Å². The lowest BCUT2D eigenvalue weighted by atomic mass is 10.0. The molecule has 0 aliphatic carbocycles. The van der Waals surface area contributed by atoms with Crippen LogP contribution >= 0.6 is 15.9 Å². The third-order valence-corrected chi connectivity index (χ3v) is 5.92. The summed E-state index contributed by atoms with van der Waals surface area (Å²) in [6.45, 7) is 0. The summed E-state index contributed by atoms with van der Waals surface area (Å²) in [5.74, 6) is 0.567. The molecule has 26 heavy (non-hydrogen) atoms. The Bertz CT molecular complexity index is 941. The molecule has 2 aromatic carbocycles. The molecule has 0 saturated heterocycles. The van der Waals surface area contributed by atoms with Crippen LogP contribution in [0.5, 0.6) is 5.75 Å². The Morgan fingerprint density at radius 1 is 1.00 bits per heavy atom. The van der Waals surface area contributed by atoms with E-state index < -0.39 is 16.1 Å². The molecular formula is C19H17BrN2O3S. The van der Waals surface area contributed by atoms with Gasteiger partial charge in [-0.05, 0) is 57.4 Å². The average molecular weight is 433 g/mol. The summed E-state index contributed by atoms with van der Waals surface area (Å²) in [7, 11) is -2.23. The molecule has 0 aliphatic heterocycles.